The topological polar surface area (TPSA) is 95.2 Å². The first-order valence-corrected chi connectivity index (χ1v) is 20.3. The molecule has 6 atom stereocenters. The molecule has 46 heavy (non-hydrogen) atoms. The SMILES string of the molecule is C=Cc1cc(C(=O)OC)c([C@H]2C[C@H](O[Si](C(C)C)(C(C)C)C(C)C)[C@@H]2CC(O)C2([Se]c3ccccc3)C[C@H](CC(=C)C)OC2=O)o1. The fraction of sp³-hybridized carbons (Fsp3) is 0.568. The van der Waals surface area contributed by atoms with E-state index >= 15 is 0 Å². The van der Waals surface area contributed by atoms with E-state index in [2.05, 4.69) is 54.7 Å². The number of carbonyl (C=O) groups excluding carboxylic acids is 2. The number of hydrogen-bond donors (Lipinski definition) is 1. The van der Waals surface area contributed by atoms with Gasteiger partial charge in [0.15, 0.2) is 0 Å². The average molecular weight is 716 g/mol. The second-order valence-electron chi connectivity index (χ2n) is 14.1. The van der Waals surface area contributed by atoms with Crippen LogP contribution in [0, 0.1) is 5.92 Å². The molecule has 0 radical (unpaired) electrons. The van der Waals surface area contributed by atoms with Crippen molar-refractivity contribution in [2.24, 2.45) is 5.92 Å². The molecule has 1 aliphatic heterocycles. The zero-order chi connectivity index (χ0) is 34.0. The Morgan fingerprint density at radius 1 is 1.15 bits per heavy atom. The first kappa shape index (κ1) is 36.4. The molecule has 2 unspecified atom stereocenters. The van der Waals surface area contributed by atoms with Gasteiger partial charge in [-0.15, -0.1) is 0 Å². The molecule has 0 spiro atoms. The predicted molar refractivity (Wildman–Crippen MR) is 186 cm³/mol. The predicted octanol–water partition coefficient (Wildman–Crippen LogP) is 7.59. The molecule has 9 heteroatoms. The van der Waals surface area contributed by atoms with Gasteiger partial charge < -0.3 is 0 Å². The van der Waals surface area contributed by atoms with Crippen LogP contribution in [0.4, 0.5) is 0 Å². The van der Waals surface area contributed by atoms with Gasteiger partial charge in [0, 0.05) is 0 Å². The number of benzene rings is 1. The molecular weight excluding hydrogens is 663 g/mol. The quantitative estimate of drug-likeness (QED) is 0.115. The Balaban J connectivity index is 1.76. The minimum absolute atomic E-state index is 0.161. The van der Waals surface area contributed by atoms with E-state index in [-0.39, 0.29) is 30.0 Å². The summed E-state index contributed by atoms with van der Waals surface area (Å²) in [6, 6.07) is 11.6. The van der Waals surface area contributed by atoms with Crippen molar-refractivity contribution in [3.05, 3.63) is 72.2 Å². The van der Waals surface area contributed by atoms with Gasteiger partial charge in [-0.1, -0.05) is 0 Å². The standard InChI is InChI=1S/C37H52O7SeSi/c1-11-26-18-31(35(39)41-10)34(42-26)30-19-32(44-46(23(4)5,24(6)7)25(8)9)29(30)20-33(38)37(45-28-15-13-12-14-16-28)21-27(17-22(2)3)43-36(37)40/h11-16,18,23-25,27,29-30,32-33,38H,1-2,17,19-21H2,3-10H3/t27-,29+,30-,32-,33?,37?/m0/s1. The monoisotopic (exact) mass is 716 g/mol. The summed E-state index contributed by atoms with van der Waals surface area (Å²) in [4.78, 5) is 26.8. The number of rotatable bonds is 15. The van der Waals surface area contributed by atoms with Gasteiger partial charge in [-0.2, -0.15) is 0 Å². The molecule has 0 bridgehead atoms. The maximum absolute atomic E-state index is 13.9. The Kier molecular flexibility index (Phi) is 11.7. The second-order valence-corrected chi connectivity index (χ2v) is 22.4. The molecule has 1 saturated carbocycles. The summed E-state index contributed by atoms with van der Waals surface area (Å²) in [5.74, 6) is -0.202. The molecule has 1 N–H and O–H groups in total. The summed E-state index contributed by atoms with van der Waals surface area (Å²) in [5.41, 5.74) is 2.43. The molecule has 1 saturated heterocycles. The fourth-order valence-corrected chi connectivity index (χ4v) is 16.4. The van der Waals surface area contributed by atoms with Crippen LogP contribution in [0.25, 0.3) is 6.08 Å². The molecule has 2 aliphatic rings. The molecule has 1 aromatic heterocycles. The number of cyclic esters (lactones) is 1. The number of hydrogen-bond acceptors (Lipinski definition) is 7. The summed E-state index contributed by atoms with van der Waals surface area (Å²) in [7, 11) is -0.941. The van der Waals surface area contributed by atoms with Crippen LogP contribution in [0.1, 0.15) is 102 Å². The third-order valence-electron chi connectivity index (χ3n) is 10.1. The average Bonchev–Trinajstić information content (AvgIpc) is 3.55. The van der Waals surface area contributed by atoms with E-state index in [9.17, 15) is 14.7 Å². The van der Waals surface area contributed by atoms with Gasteiger partial charge in [0.1, 0.15) is 0 Å². The van der Waals surface area contributed by atoms with Crippen molar-refractivity contribution >= 4 is 45.8 Å². The molecular formula is C37H52O7SeSi. The normalized spacial score (nSPS) is 25.4. The van der Waals surface area contributed by atoms with Gasteiger partial charge in [-0.3, -0.25) is 0 Å². The first-order chi connectivity index (χ1) is 21.7. The molecule has 252 valence electrons. The molecule has 0 amide bonds. The van der Waals surface area contributed by atoms with E-state index in [1.54, 1.807) is 12.1 Å². The molecule has 2 heterocycles. The van der Waals surface area contributed by atoms with E-state index in [1.165, 1.54) is 7.11 Å². The number of aliphatic hydroxyl groups is 1. The number of furan rings is 1. The summed E-state index contributed by atoms with van der Waals surface area (Å²) in [6.45, 7) is 23.4. The molecule has 2 aromatic rings. The van der Waals surface area contributed by atoms with Crippen LogP contribution in [0.3, 0.4) is 0 Å². The Bertz CT molecular complexity index is 1380. The number of methoxy groups -OCH3 is 1. The van der Waals surface area contributed by atoms with Crippen molar-refractivity contribution in [3.63, 3.8) is 0 Å². The summed E-state index contributed by atoms with van der Waals surface area (Å²) >= 11 is -0.394. The summed E-state index contributed by atoms with van der Waals surface area (Å²) < 4.78 is 24.6. The Labute approximate surface area is 282 Å². The summed E-state index contributed by atoms with van der Waals surface area (Å²) in [6.07, 6.45) is 2.04. The van der Waals surface area contributed by atoms with Crippen LogP contribution in [-0.4, -0.2) is 65.7 Å². The zero-order valence-corrected chi connectivity index (χ0v) is 31.4. The Hall–Kier alpha value is -2.42. The minimum atomic E-state index is -2.30. The van der Waals surface area contributed by atoms with Gasteiger partial charge in [0.2, 0.25) is 0 Å². The van der Waals surface area contributed by atoms with Gasteiger partial charge in [0.25, 0.3) is 0 Å². The number of aliphatic hydroxyl groups excluding tert-OH is 1. The van der Waals surface area contributed by atoms with Gasteiger partial charge in [-0.05, 0) is 0 Å². The molecule has 2 fully saturated rings. The molecule has 1 aromatic carbocycles. The number of carbonyl (C=O) groups is 2. The second kappa shape index (κ2) is 14.8. The van der Waals surface area contributed by atoms with E-state index in [0.29, 0.717) is 59.4 Å². The van der Waals surface area contributed by atoms with Crippen molar-refractivity contribution in [1.82, 2.24) is 0 Å². The first-order valence-electron chi connectivity index (χ1n) is 16.5. The fourth-order valence-electron chi connectivity index (χ4n) is 7.94. The molecule has 4 rings (SSSR count). The Morgan fingerprint density at radius 3 is 2.33 bits per heavy atom. The van der Waals surface area contributed by atoms with Crippen LogP contribution in [0.2, 0.25) is 20.9 Å². The van der Waals surface area contributed by atoms with Crippen LogP contribution < -0.4 is 4.46 Å². The van der Waals surface area contributed by atoms with E-state index in [1.807, 2.05) is 37.3 Å². The van der Waals surface area contributed by atoms with Gasteiger partial charge in [0.05, 0.1) is 0 Å². The third-order valence-corrected chi connectivity index (χ3v) is 19.3. The third kappa shape index (κ3) is 7.04. The zero-order valence-electron chi connectivity index (χ0n) is 28.7. The molecule has 7 nitrogen and oxygen atoms in total. The van der Waals surface area contributed by atoms with E-state index < -0.39 is 39.7 Å². The van der Waals surface area contributed by atoms with Crippen molar-refractivity contribution in [3.8, 4) is 0 Å². The summed E-state index contributed by atoms with van der Waals surface area (Å²) in [5, 5.41) is 12.3. The van der Waals surface area contributed by atoms with E-state index in [4.69, 9.17) is 18.3 Å². The van der Waals surface area contributed by atoms with Crippen molar-refractivity contribution < 1.29 is 33.0 Å². The van der Waals surface area contributed by atoms with Crippen LogP contribution in [0.15, 0.2) is 59.5 Å². The van der Waals surface area contributed by atoms with Gasteiger partial charge in [-0.25, -0.2) is 0 Å². The van der Waals surface area contributed by atoms with Crippen LogP contribution in [-0.2, 0) is 18.7 Å². The van der Waals surface area contributed by atoms with Crippen LogP contribution >= 0.6 is 0 Å². The van der Waals surface area contributed by atoms with Crippen molar-refractivity contribution in [2.45, 2.75) is 119 Å². The van der Waals surface area contributed by atoms with Gasteiger partial charge >= 0.3 is 283 Å². The Morgan fingerprint density at radius 2 is 1.78 bits per heavy atom. The van der Waals surface area contributed by atoms with E-state index in [0.717, 1.165) is 10.0 Å². The van der Waals surface area contributed by atoms with Crippen molar-refractivity contribution in [2.75, 3.05) is 7.11 Å². The van der Waals surface area contributed by atoms with Crippen molar-refractivity contribution in [1.29, 1.82) is 0 Å². The maximum atomic E-state index is 13.9. The van der Waals surface area contributed by atoms with Crippen LogP contribution in [0.5, 0.6) is 0 Å². The molecule has 1 aliphatic carbocycles. The number of esters is 2. The number of ether oxygens (including phenoxy) is 2.